The molecule has 1 saturated heterocycles. The maximum Gasteiger partial charge on any atom is 0.0669 e. The van der Waals surface area contributed by atoms with Gasteiger partial charge in [-0.2, -0.15) is 0 Å². The number of nitrogen functional groups attached to an aromatic ring is 1. The third-order valence-corrected chi connectivity index (χ3v) is 4.07. The first-order valence-electron chi connectivity index (χ1n) is 5.86. The lowest BCUT2D eigenvalue weighted by Gasteiger charge is -2.22. The molecule has 88 valence electrons. The van der Waals surface area contributed by atoms with E-state index in [0.29, 0.717) is 6.10 Å². The summed E-state index contributed by atoms with van der Waals surface area (Å²) in [6, 6.07) is 6.19. The van der Waals surface area contributed by atoms with Crippen molar-refractivity contribution in [1.82, 2.24) is 0 Å². The molecule has 1 aliphatic rings. The monoisotopic (exact) mass is 237 g/mol. The minimum absolute atomic E-state index is 0.415. The number of benzene rings is 1. The molecule has 16 heavy (non-hydrogen) atoms. The van der Waals surface area contributed by atoms with Crippen molar-refractivity contribution in [2.45, 2.75) is 37.2 Å². The van der Waals surface area contributed by atoms with Gasteiger partial charge in [-0.15, -0.1) is 11.8 Å². The van der Waals surface area contributed by atoms with Crippen LogP contribution in [0.25, 0.3) is 0 Å². The maximum atomic E-state index is 5.94. The summed E-state index contributed by atoms with van der Waals surface area (Å²) in [4.78, 5) is 1.19. The minimum atomic E-state index is 0.415. The van der Waals surface area contributed by atoms with Crippen molar-refractivity contribution in [3.05, 3.63) is 23.8 Å². The summed E-state index contributed by atoms with van der Waals surface area (Å²) in [7, 11) is 0. The molecular weight excluding hydrogens is 218 g/mol. The van der Waals surface area contributed by atoms with Gasteiger partial charge in [-0.05, 0) is 43.9 Å². The average Bonchev–Trinajstić information content (AvgIpc) is 2.32. The predicted molar refractivity (Wildman–Crippen MR) is 69.9 cm³/mol. The lowest BCUT2D eigenvalue weighted by Crippen LogP contribution is -2.21. The highest BCUT2D eigenvalue weighted by Crippen LogP contribution is 2.28. The van der Waals surface area contributed by atoms with Crippen LogP contribution >= 0.6 is 11.8 Å². The maximum absolute atomic E-state index is 5.94. The standard InChI is InChI=1S/C13H19NOS/c1-10-5-6-12(14)13(8-10)16-9-11-4-2-3-7-15-11/h5-6,8,11H,2-4,7,9,14H2,1H3. The smallest absolute Gasteiger partial charge is 0.0669 e. The summed E-state index contributed by atoms with van der Waals surface area (Å²) in [6.45, 7) is 3.02. The summed E-state index contributed by atoms with van der Waals surface area (Å²) in [5, 5.41) is 0. The van der Waals surface area contributed by atoms with E-state index in [0.717, 1.165) is 18.0 Å². The zero-order chi connectivity index (χ0) is 11.4. The number of aryl methyl sites for hydroxylation is 1. The molecule has 1 unspecified atom stereocenters. The van der Waals surface area contributed by atoms with Crippen LogP contribution in [0.1, 0.15) is 24.8 Å². The molecule has 0 saturated carbocycles. The molecule has 1 aromatic rings. The molecule has 0 aliphatic carbocycles. The van der Waals surface area contributed by atoms with Crippen LogP contribution in [0.3, 0.4) is 0 Å². The highest BCUT2D eigenvalue weighted by molar-refractivity contribution is 7.99. The Kier molecular flexibility index (Phi) is 4.13. The van der Waals surface area contributed by atoms with Gasteiger partial charge in [0.1, 0.15) is 0 Å². The van der Waals surface area contributed by atoms with Crippen molar-refractivity contribution in [3.8, 4) is 0 Å². The average molecular weight is 237 g/mol. The van der Waals surface area contributed by atoms with Crippen molar-refractivity contribution in [2.24, 2.45) is 0 Å². The van der Waals surface area contributed by atoms with Crippen LogP contribution in [-0.2, 0) is 4.74 Å². The van der Waals surface area contributed by atoms with E-state index < -0.39 is 0 Å². The molecule has 2 N–H and O–H groups in total. The zero-order valence-corrected chi connectivity index (χ0v) is 10.6. The lowest BCUT2D eigenvalue weighted by atomic mass is 10.1. The second-order valence-electron chi connectivity index (χ2n) is 4.34. The number of thioether (sulfide) groups is 1. The summed E-state index contributed by atoms with van der Waals surface area (Å²) < 4.78 is 5.71. The van der Waals surface area contributed by atoms with Gasteiger partial charge in [-0.3, -0.25) is 0 Å². The molecule has 1 atom stereocenters. The Labute approximate surface area is 102 Å². The largest absolute Gasteiger partial charge is 0.398 e. The van der Waals surface area contributed by atoms with E-state index in [9.17, 15) is 0 Å². The zero-order valence-electron chi connectivity index (χ0n) is 9.74. The van der Waals surface area contributed by atoms with Crippen LogP contribution < -0.4 is 5.73 Å². The minimum Gasteiger partial charge on any atom is -0.398 e. The van der Waals surface area contributed by atoms with E-state index in [-0.39, 0.29) is 0 Å². The summed E-state index contributed by atoms with van der Waals surface area (Å²) in [5.41, 5.74) is 8.09. The van der Waals surface area contributed by atoms with E-state index in [1.54, 1.807) is 0 Å². The first-order valence-corrected chi connectivity index (χ1v) is 6.85. The molecule has 0 spiro atoms. The predicted octanol–water partition coefficient (Wildman–Crippen LogP) is 3.24. The van der Waals surface area contributed by atoms with Gasteiger partial charge in [0.05, 0.1) is 6.10 Å². The van der Waals surface area contributed by atoms with Crippen molar-refractivity contribution in [2.75, 3.05) is 18.1 Å². The Hall–Kier alpha value is -0.670. The summed E-state index contributed by atoms with van der Waals surface area (Å²) in [5.74, 6) is 1.02. The van der Waals surface area contributed by atoms with Gasteiger partial charge < -0.3 is 10.5 Å². The number of anilines is 1. The van der Waals surface area contributed by atoms with Crippen LogP contribution in [0.15, 0.2) is 23.1 Å². The lowest BCUT2D eigenvalue weighted by molar-refractivity contribution is 0.0315. The highest BCUT2D eigenvalue weighted by atomic mass is 32.2. The number of rotatable bonds is 3. The SMILES string of the molecule is Cc1ccc(N)c(SCC2CCCCO2)c1. The fourth-order valence-corrected chi connectivity index (χ4v) is 3.02. The fourth-order valence-electron chi connectivity index (χ4n) is 1.89. The van der Waals surface area contributed by atoms with E-state index >= 15 is 0 Å². The van der Waals surface area contributed by atoms with Crippen molar-refractivity contribution >= 4 is 17.4 Å². The quantitative estimate of drug-likeness (QED) is 0.647. The van der Waals surface area contributed by atoms with Crippen LogP contribution in [0.2, 0.25) is 0 Å². The summed E-state index contributed by atoms with van der Waals surface area (Å²) >= 11 is 1.82. The Morgan fingerprint density at radius 2 is 2.31 bits per heavy atom. The molecule has 1 aromatic carbocycles. The molecule has 2 rings (SSSR count). The van der Waals surface area contributed by atoms with Gasteiger partial charge in [-0.1, -0.05) is 6.07 Å². The van der Waals surface area contributed by atoms with Gasteiger partial charge in [0.25, 0.3) is 0 Å². The Morgan fingerprint density at radius 1 is 1.44 bits per heavy atom. The van der Waals surface area contributed by atoms with Crippen LogP contribution in [0.5, 0.6) is 0 Å². The van der Waals surface area contributed by atoms with E-state index in [4.69, 9.17) is 10.5 Å². The normalized spacial score (nSPS) is 20.9. The molecular formula is C13H19NOS. The topological polar surface area (TPSA) is 35.2 Å². The third-order valence-electron chi connectivity index (χ3n) is 2.87. The molecule has 3 heteroatoms. The molecule has 2 nitrogen and oxygen atoms in total. The number of hydrogen-bond acceptors (Lipinski definition) is 3. The molecule has 0 aromatic heterocycles. The molecule has 1 heterocycles. The van der Waals surface area contributed by atoms with Crippen LogP contribution in [-0.4, -0.2) is 18.5 Å². The van der Waals surface area contributed by atoms with Gasteiger partial charge in [0.2, 0.25) is 0 Å². The molecule has 1 fully saturated rings. The number of hydrogen-bond donors (Lipinski definition) is 1. The molecule has 0 radical (unpaired) electrons. The van der Waals surface area contributed by atoms with Gasteiger partial charge in [-0.25, -0.2) is 0 Å². The molecule has 0 amide bonds. The second-order valence-corrected chi connectivity index (χ2v) is 5.40. The highest BCUT2D eigenvalue weighted by Gasteiger charge is 2.14. The molecule has 0 bridgehead atoms. The molecule has 1 aliphatic heterocycles. The summed E-state index contributed by atoms with van der Waals surface area (Å²) in [6.07, 6.45) is 4.12. The van der Waals surface area contributed by atoms with Crippen LogP contribution in [0.4, 0.5) is 5.69 Å². The first kappa shape index (κ1) is 11.8. The van der Waals surface area contributed by atoms with Crippen LogP contribution in [0, 0.1) is 6.92 Å². The van der Waals surface area contributed by atoms with Crippen molar-refractivity contribution in [1.29, 1.82) is 0 Å². The third kappa shape index (κ3) is 3.16. The van der Waals surface area contributed by atoms with Gasteiger partial charge in [0, 0.05) is 22.9 Å². The van der Waals surface area contributed by atoms with Crippen molar-refractivity contribution in [3.63, 3.8) is 0 Å². The Morgan fingerprint density at radius 3 is 3.06 bits per heavy atom. The van der Waals surface area contributed by atoms with E-state index in [1.807, 2.05) is 17.8 Å². The second kappa shape index (κ2) is 5.60. The number of ether oxygens (including phenoxy) is 1. The number of nitrogens with two attached hydrogens (primary N) is 1. The van der Waals surface area contributed by atoms with Gasteiger partial charge >= 0.3 is 0 Å². The van der Waals surface area contributed by atoms with Gasteiger partial charge in [0.15, 0.2) is 0 Å². The van der Waals surface area contributed by atoms with Crippen molar-refractivity contribution < 1.29 is 4.74 Å². The first-order chi connectivity index (χ1) is 7.75. The van der Waals surface area contributed by atoms with E-state index in [2.05, 4.69) is 19.1 Å². The Bertz CT molecular complexity index is 348. The fraction of sp³-hybridized carbons (Fsp3) is 0.538. The Balaban J connectivity index is 1.90. The van der Waals surface area contributed by atoms with E-state index in [1.165, 1.54) is 29.7 Å².